The van der Waals surface area contributed by atoms with Crippen LogP contribution in [0.15, 0.2) is 0 Å². The quantitative estimate of drug-likeness (QED) is 0.582. The van der Waals surface area contributed by atoms with Gasteiger partial charge in [0, 0.05) is 13.2 Å². The van der Waals surface area contributed by atoms with E-state index in [2.05, 4.69) is 12.2 Å². The Balaban J connectivity index is 3.05. The SMILES string of the molecule is CCCOCCOCCNC(=O)OCCC. The van der Waals surface area contributed by atoms with Gasteiger partial charge in [-0.3, -0.25) is 0 Å². The summed E-state index contributed by atoms with van der Waals surface area (Å²) >= 11 is 0. The Morgan fingerprint density at radius 3 is 2.19 bits per heavy atom. The first kappa shape index (κ1) is 15.2. The Morgan fingerprint density at radius 1 is 0.938 bits per heavy atom. The van der Waals surface area contributed by atoms with Crippen molar-refractivity contribution in [3.8, 4) is 0 Å². The summed E-state index contributed by atoms with van der Waals surface area (Å²) in [6.07, 6.45) is 1.47. The molecule has 1 amide bonds. The fourth-order valence-corrected chi connectivity index (χ4v) is 0.937. The van der Waals surface area contributed by atoms with Gasteiger partial charge in [-0.25, -0.2) is 4.79 Å². The minimum absolute atomic E-state index is 0.382. The molecule has 0 aliphatic carbocycles. The Kier molecular flexibility index (Phi) is 11.6. The van der Waals surface area contributed by atoms with Gasteiger partial charge >= 0.3 is 6.09 Å². The summed E-state index contributed by atoms with van der Waals surface area (Å²) in [7, 11) is 0. The Hall–Kier alpha value is -0.810. The van der Waals surface area contributed by atoms with Gasteiger partial charge in [0.2, 0.25) is 0 Å². The number of amides is 1. The van der Waals surface area contributed by atoms with E-state index in [1.54, 1.807) is 0 Å². The van der Waals surface area contributed by atoms with E-state index in [1.165, 1.54) is 0 Å². The third kappa shape index (κ3) is 11.3. The molecule has 0 rings (SSSR count). The largest absolute Gasteiger partial charge is 0.450 e. The number of carbonyl (C=O) groups excluding carboxylic acids is 1. The van der Waals surface area contributed by atoms with Crippen molar-refractivity contribution in [2.24, 2.45) is 0 Å². The predicted molar refractivity (Wildman–Crippen MR) is 61.6 cm³/mol. The highest BCUT2D eigenvalue weighted by Gasteiger charge is 1.98. The van der Waals surface area contributed by atoms with E-state index in [4.69, 9.17) is 14.2 Å². The van der Waals surface area contributed by atoms with Crippen LogP contribution < -0.4 is 5.32 Å². The molecule has 5 nitrogen and oxygen atoms in total. The molecule has 0 bridgehead atoms. The fraction of sp³-hybridized carbons (Fsp3) is 0.909. The Labute approximate surface area is 97.4 Å². The zero-order valence-electron chi connectivity index (χ0n) is 10.3. The number of hydrogen-bond acceptors (Lipinski definition) is 4. The van der Waals surface area contributed by atoms with Crippen molar-refractivity contribution in [1.29, 1.82) is 0 Å². The van der Waals surface area contributed by atoms with Crippen LogP contribution in [-0.4, -0.2) is 45.7 Å². The molecule has 0 aliphatic heterocycles. The van der Waals surface area contributed by atoms with Crippen LogP contribution in [0.5, 0.6) is 0 Å². The molecule has 0 heterocycles. The molecule has 16 heavy (non-hydrogen) atoms. The zero-order valence-corrected chi connectivity index (χ0v) is 10.3. The molecule has 0 aromatic carbocycles. The second-order valence-electron chi connectivity index (χ2n) is 3.29. The summed E-state index contributed by atoms with van der Waals surface area (Å²) in [5.41, 5.74) is 0. The van der Waals surface area contributed by atoms with Gasteiger partial charge in [-0.2, -0.15) is 0 Å². The summed E-state index contributed by atoms with van der Waals surface area (Å²) < 4.78 is 15.3. The van der Waals surface area contributed by atoms with E-state index in [1.807, 2.05) is 6.92 Å². The normalized spacial score (nSPS) is 10.1. The van der Waals surface area contributed by atoms with E-state index >= 15 is 0 Å². The van der Waals surface area contributed by atoms with Crippen LogP contribution in [0.3, 0.4) is 0 Å². The van der Waals surface area contributed by atoms with E-state index in [0.717, 1.165) is 19.4 Å². The molecule has 0 radical (unpaired) electrons. The molecule has 0 aliphatic rings. The lowest BCUT2D eigenvalue weighted by Crippen LogP contribution is -2.28. The van der Waals surface area contributed by atoms with Crippen molar-refractivity contribution in [3.05, 3.63) is 0 Å². The lowest BCUT2D eigenvalue weighted by Gasteiger charge is -2.07. The molecule has 0 aromatic heterocycles. The van der Waals surface area contributed by atoms with Crippen molar-refractivity contribution >= 4 is 6.09 Å². The lowest BCUT2D eigenvalue weighted by molar-refractivity contribution is 0.0485. The van der Waals surface area contributed by atoms with Crippen molar-refractivity contribution in [2.45, 2.75) is 26.7 Å². The summed E-state index contributed by atoms with van der Waals surface area (Å²) in [6.45, 7) is 7.36. The number of rotatable bonds is 10. The van der Waals surface area contributed by atoms with Crippen LogP contribution in [-0.2, 0) is 14.2 Å². The molecule has 0 aromatic rings. The zero-order chi connectivity index (χ0) is 12.1. The predicted octanol–water partition coefficient (Wildman–Crippen LogP) is 1.57. The summed E-state index contributed by atoms with van der Waals surface area (Å²) in [5, 5.41) is 2.59. The minimum atomic E-state index is -0.382. The van der Waals surface area contributed by atoms with Gasteiger partial charge < -0.3 is 19.5 Å². The molecule has 0 unspecified atom stereocenters. The summed E-state index contributed by atoms with van der Waals surface area (Å²) in [6, 6.07) is 0. The molecular weight excluding hydrogens is 210 g/mol. The van der Waals surface area contributed by atoms with E-state index < -0.39 is 0 Å². The van der Waals surface area contributed by atoms with Crippen LogP contribution >= 0.6 is 0 Å². The van der Waals surface area contributed by atoms with Crippen LogP contribution in [0, 0.1) is 0 Å². The van der Waals surface area contributed by atoms with Gasteiger partial charge in [0.05, 0.1) is 26.4 Å². The van der Waals surface area contributed by atoms with Crippen LogP contribution in [0.2, 0.25) is 0 Å². The highest BCUT2D eigenvalue weighted by Crippen LogP contribution is 1.83. The van der Waals surface area contributed by atoms with Gasteiger partial charge in [-0.1, -0.05) is 13.8 Å². The maximum atomic E-state index is 11.0. The molecule has 5 heteroatoms. The highest BCUT2D eigenvalue weighted by atomic mass is 16.5. The van der Waals surface area contributed by atoms with E-state index in [-0.39, 0.29) is 6.09 Å². The second kappa shape index (κ2) is 12.3. The van der Waals surface area contributed by atoms with Gasteiger partial charge in [-0.05, 0) is 12.8 Å². The summed E-state index contributed by atoms with van der Waals surface area (Å²) in [5.74, 6) is 0. The van der Waals surface area contributed by atoms with Crippen molar-refractivity contribution < 1.29 is 19.0 Å². The van der Waals surface area contributed by atoms with Crippen molar-refractivity contribution in [2.75, 3.05) is 39.6 Å². The van der Waals surface area contributed by atoms with Crippen LogP contribution in [0.4, 0.5) is 4.79 Å². The minimum Gasteiger partial charge on any atom is -0.450 e. The van der Waals surface area contributed by atoms with Gasteiger partial charge in [0.15, 0.2) is 0 Å². The number of carbonyl (C=O) groups is 1. The standard InChI is InChI=1S/C11H23NO4/c1-3-6-14-9-10-15-8-5-12-11(13)16-7-4-2/h3-10H2,1-2H3,(H,12,13). The third-order valence-corrected chi connectivity index (χ3v) is 1.67. The fourth-order valence-electron chi connectivity index (χ4n) is 0.937. The molecule has 96 valence electrons. The first-order chi connectivity index (χ1) is 7.81. The van der Waals surface area contributed by atoms with Gasteiger partial charge in [0.1, 0.15) is 0 Å². The molecule has 1 N–H and O–H groups in total. The molecule has 0 saturated heterocycles. The number of nitrogens with one attached hydrogen (secondary N) is 1. The van der Waals surface area contributed by atoms with Gasteiger partial charge in [-0.15, -0.1) is 0 Å². The van der Waals surface area contributed by atoms with Crippen LogP contribution in [0.1, 0.15) is 26.7 Å². The van der Waals surface area contributed by atoms with E-state index in [0.29, 0.717) is 33.0 Å². The Bertz CT molecular complexity index is 164. The van der Waals surface area contributed by atoms with E-state index in [9.17, 15) is 4.79 Å². The smallest absolute Gasteiger partial charge is 0.407 e. The third-order valence-electron chi connectivity index (χ3n) is 1.67. The molecule has 0 saturated carbocycles. The summed E-state index contributed by atoms with van der Waals surface area (Å²) in [4.78, 5) is 11.0. The average Bonchev–Trinajstić information content (AvgIpc) is 2.30. The lowest BCUT2D eigenvalue weighted by atomic mass is 10.5. The topological polar surface area (TPSA) is 56.8 Å². The first-order valence-corrected chi connectivity index (χ1v) is 5.87. The Morgan fingerprint density at radius 2 is 1.56 bits per heavy atom. The number of hydrogen-bond donors (Lipinski definition) is 1. The van der Waals surface area contributed by atoms with Crippen molar-refractivity contribution in [3.63, 3.8) is 0 Å². The second-order valence-corrected chi connectivity index (χ2v) is 3.29. The molecule has 0 spiro atoms. The highest BCUT2D eigenvalue weighted by molar-refractivity contribution is 5.66. The monoisotopic (exact) mass is 233 g/mol. The van der Waals surface area contributed by atoms with Gasteiger partial charge in [0.25, 0.3) is 0 Å². The molecule has 0 fully saturated rings. The maximum Gasteiger partial charge on any atom is 0.407 e. The van der Waals surface area contributed by atoms with Crippen molar-refractivity contribution in [1.82, 2.24) is 5.32 Å². The first-order valence-electron chi connectivity index (χ1n) is 5.87. The number of alkyl carbamates (subject to hydrolysis) is 1. The molecule has 0 atom stereocenters. The number of ether oxygens (including phenoxy) is 3. The van der Waals surface area contributed by atoms with Crippen LogP contribution in [0.25, 0.3) is 0 Å². The average molecular weight is 233 g/mol. The maximum absolute atomic E-state index is 11.0. The molecular formula is C11H23NO4.